The van der Waals surface area contributed by atoms with Crippen molar-refractivity contribution in [3.63, 3.8) is 0 Å². The van der Waals surface area contributed by atoms with Crippen LogP contribution in [0, 0.1) is 18.3 Å². The number of carbonyl (C=O) groups is 2. The number of nitrogen functional groups attached to an aromatic ring is 1. The number of benzene rings is 2. The fraction of sp³-hybridized carbons (Fsp3) is 0.167. The lowest BCUT2D eigenvalue weighted by molar-refractivity contribution is -0.146. The number of ether oxygens (including phenoxy) is 1. The molecule has 1 aliphatic rings. The quantitative estimate of drug-likeness (QED) is 0.540. The largest absolute Gasteiger partial charge is 0.507 e. The van der Waals surface area contributed by atoms with Gasteiger partial charge in [-0.25, -0.2) is 4.98 Å². The lowest BCUT2D eigenvalue weighted by Gasteiger charge is -2.14. The monoisotopic (exact) mass is 428 g/mol. The van der Waals surface area contributed by atoms with E-state index in [-0.39, 0.29) is 23.6 Å². The van der Waals surface area contributed by atoms with E-state index in [4.69, 9.17) is 10.5 Å². The third-order valence-corrected chi connectivity index (χ3v) is 5.21. The molecule has 1 fully saturated rings. The first-order chi connectivity index (χ1) is 15.4. The van der Waals surface area contributed by atoms with Crippen LogP contribution < -0.4 is 11.1 Å². The molecule has 32 heavy (non-hydrogen) atoms. The highest BCUT2D eigenvalue weighted by molar-refractivity contribution is 5.97. The molecule has 0 radical (unpaired) electrons. The minimum atomic E-state index is -0.812. The molecular weight excluding hydrogens is 408 g/mol. The highest BCUT2D eigenvalue weighted by atomic mass is 16.6. The lowest BCUT2D eigenvalue weighted by atomic mass is 9.97. The number of aromatic nitrogens is 1. The predicted octanol–water partition coefficient (Wildman–Crippen LogP) is 3.53. The van der Waals surface area contributed by atoms with E-state index < -0.39 is 18.0 Å². The van der Waals surface area contributed by atoms with E-state index in [1.165, 1.54) is 0 Å². The van der Waals surface area contributed by atoms with Gasteiger partial charge in [0, 0.05) is 29.7 Å². The molecule has 1 aromatic heterocycles. The summed E-state index contributed by atoms with van der Waals surface area (Å²) in [6.45, 7) is 1.89. The second-order valence-corrected chi connectivity index (χ2v) is 7.53. The van der Waals surface area contributed by atoms with Gasteiger partial charge in [-0.15, -0.1) is 0 Å². The summed E-state index contributed by atoms with van der Waals surface area (Å²) < 4.78 is 5.01. The number of anilines is 2. The van der Waals surface area contributed by atoms with Gasteiger partial charge in [-0.2, -0.15) is 5.26 Å². The van der Waals surface area contributed by atoms with E-state index in [9.17, 15) is 20.0 Å². The summed E-state index contributed by atoms with van der Waals surface area (Å²) in [5.74, 6) is -0.719. The number of nitriles is 1. The number of rotatable bonds is 4. The summed E-state index contributed by atoms with van der Waals surface area (Å²) in [7, 11) is 0. The average Bonchev–Trinajstić information content (AvgIpc) is 3.21. The number of cyclic esters (lactones) is 1. The minimum absolute atomic E-state index is 0.0354. The van der Waals surface area contributed by atoms with Crippen molar-refractivity contribution < 1.29 is 19.4 Å². The number of aryl methyl sites for hydroxylation is 1. The van der Waals surface area contributed by atoms with Gasteiger partial charge in [0.15, 0.2) is 6.10 Å². The van der Waals surface area contributed by atoms with Crippen LogP contribution in [0.15, 0.2) is 48.5 Å². The number of carbonyl (C=O) groups excluding carboxylic acids is 2. The first-order valence-corrected chi connectivity index (χ1v) is 9.97. The Morgan fingerprint density at radius 3 is 2.78 bits per heavy atom. The number of hydrogen-bond acceptors (Lipinski definition) is 7. The number of aromatic hydroxyl groups is 1. The maximum Gasteiger partial charge on any atom is 0.306 e. The Morgan fingerprint density at radius 1 is 1.25 bits per heavy atom. The number of nitrogens with zero attached hydrogens (tertiary/aromatic N) is 2. The number of nitrogens with one attached hydrogen (secondary N) is 1. The molecule has 1 aliphatic heterocycles. The van der Waals surface area contributed by atoms with Crippen molar-refractivity contribution in [3.05, 3.63) is 59.7 Å². The molecular formula is C24H20N4O4. The van der Waals surface area contributed by atoms with Crippen LogP contribution in [0.5, 0.6) is 5.75 Å². The fourth-order valence-electron chi connectivity index (χ4n) is 3.60. The Balaban J connectivity index is 1.73. The van der Waals surface area contributed by atoms with Crippen molar-refractivity contribution in [2.24, 2.45) is 0 Å². The van der Waals surface area contributed by atoms with E-state index in [0.29, 0.717) is 34.5 Å². The molecule has 4 N–H and O–H groups in total. The Morgan fingerprint density at radius 2 is 2.06 bits per heavy atom. The molecule has 0 saturated carbocycles. The molecule has 3 aromatic rings. The smallest absolute Gasteiger partial charge is 0.306 e. The average molecular weight is 428 g/mol. The Labute approximate surface area is 184 Å². The zero-order chi connectivity index (χ0) is 22.8. The Kier molecular flexibility index (Phi) is 5.48. The van der Waals surface area contributed by atoms with Crippen molar-refractivity contribution in [1.82, 2.24) is 4.98 Å². The van der Waals surface area contributed by atoms with Gasteiger partial charge >= 0.3 is 5.97 Å². The fourth-order valence-corrected chi connectivity index (χ4v) is 3.60. The number of hydrogen-bond donors (Lipinski definition) is 3. The zero-order valence-corrected chi connectivity index (χ0v) is 17.3. The maximum atomic E-state index is 12.4. The van der Waals surface area contributed by atoms with Crippen LogP contribution in [0.1, 0.15) is 24.0 Å². The van der Waals surface area contributed by atoms with Gasteiger partial charge < -0.3 is 20.9 Å². The van der Waals surface area contributed by atoms with Crippen molar-refractivity contribution in [3.8, 4) is 34.2 Å². The number of phenolic OH excluding ortho intramolecular Hbond substituents is 1. The number of nitrogens with two attached hydrogens (primary N) is 1. The van der Waals surface area contributed by atoms with Crippen LogP contribution in [-0.2, 0) is 14.3 Å². The van der Waals surface area contributed by atoms with Crippen molar-refractivity contribution in [1.29, 1.82) is 5.26 Å². The standard InChI is InChI=1S/C24H20N4O4/c1-13-5-6-20(29)17(9-13)19-11-16(18(12-25)23(26)28-19)14-3-2-4-15(10-14)27-24(31)21-7-8-22(30)32-21/h2-6,9-11,21,29H,7-8H2,1H3,(H2,26,28)(H,27,31). The van der Waals surface area contributed by atoms with E-state index in [2.05, 4.69) is 16.4 Å². The summed E-state index contributed by atoms with van der Waals surface area (Å²) in [6, 6.07) is 15.8. The molecule has 1 saturated heterocycles. The van der Waals surface area contributed by atoms with Crippen LogP contribution in [0.4, 0.5) is 11.5 Å². The van der Waals surface area contributed by atoms with Crippen LogP contribution >= 0.6 is 0 Å². The van der Waals surface area contributed by atoms with Crippen molar-refractivity contribution in [2.45, 2.75) is 25.9 Å². The molecule has 1 amide bonds. The summed E-state index contributed by atoms with van der Waals surface area (Å²) in [6.07, 6.45) is -0.255. The SMILES string of the molecule is Cc1ccc(O)c(-c2cc(-c3cccc(NC(=O)C4CCC(=O)O4)c3)c(C#N)c(N)n2)c1. The molecule has 2 aromatic carbocycles. The van der Waals surface area contributed by atoms with Gasteiger partial charge in [0.25, 0.3) is 5.91 Å². The zero-order valence-electron chi connectivity index (χ0n) is 17.3. The van der Waals surface area contributed by atoms with Crippen LogP contribution in [0.25, 0.3) is 22.4 Å². The van der Waals surface area contributed by atoms with Crippen LogP contribution in [-0.4, -0.2) is 28.1 Å². The number of phenols is 1. The normalized spacial score (nSPS) is 15.1. The first kappa shape index (κ1) is 20.9. The predicted molar refractivity (Wildman–Crippen MR) is 118 cm³/mol. The van der Waals surface area contributed by atoms with Crippen LogP contribution in [0.2, 0.25) is 0 Å². The highest BCUT2D eigenvalue weighted by Crippen LogP contribution is 2.35. The molecule has 0 aliphatic carbocycles. The van der Waals surface area contributed by atoms with Crippen molar-refractivity contribution in [2.75, 3.05) is 11.1 Å². The number of pyridine rings is 1. The highest BCUT2D eigenvalue weighted by Gasteiger charge is 2.29. The minimum Gasteiger partial charge on any atom is -0.507 e. The summed E-state index contributed by atoms with van der Waals surface area (Å²) in [5, 5.41) is 22.7. The van der Waals surface area contributed by atoms with E-state index >= 15 is 0 Å². The maximum absolute atomic E-state index is 12.4. The van der Waals surface area contributed by atoms with Gasteiger partial charge in [0.05, 0.1) is 5.69 Å². The molecule has 0 spiro atoms. The summed E-state index contributed by atoms with van der Waals surface area (Å²) in [5.41, 5.74) is 9.74. The van der Waals surface area contributed by atoms with Gasteiger partial charge in [-0.05, 0) is 42.8 Å². The topological polar surface area (TPSA) is 138 Å². The van der Waals surface area contributed by atoms with Gasteiger partial charge in [-0.1, -0.05) is 23.8 Å². The lowest BCUT2D eigenvalue weighted by Crippen LogP contribution is -2.27. The first-order valence-electron chi connectivity index (χ1n) is 9.97. The number of esters is 1. The molecule has 8 nitrogen and oxygen atoms in total. The number of amides is 1. The van der Waals surface area contributed by atoms with Gasteiger partial charge in [0.1, 0.15) is 23.2 Å². The molecule has 1 atom stereocenters. The van der Waals surface area contributed by atoms with E-state index in [0.717, 1.165) is 5.56 Å². The Hall–Kier alpha value is -4.38. The molecule has 1 unspecified atom stereocenters. The molecule has 8 heteroatoms. The van der Waals surface area contributed by atoms with Crippen molar-refractivity contribution >= 4 is 23.4 Å². The summed E-state index contributed by atoms with van der Waals surface area (Å²) in [4.78, 5) is 28.0. The Bertz CT molecular complexity index is 1280. The van der Waals surface area contributed by atoms with Gasteiger partial charge in [0.2, 0.25) is 0 Å². The third-order valence-electron chi connectivity index (χ3n) is 5.21. The van der Waals surface area contributed by atoms with Crippen LogP contribution in [0.3, 0.4) is 0 Å². The van der Waals surface area contributed by atoms with E-state index in [1.54, 1.807) is 48.5 Å². The second-order valence-electron chi connectivity index (χ2n) is 7.53. The third kappa shape index (κ3) is 4.09. The second kappa shape index (κ2) is 8.40. The van der Waals surface area contributed by atoms with E-state index in [1.807, 2.05) is 6.92 Å². The summed E-state index contributed by atoms with van der Waals surface area (Å²) >= 11 is 0. The van der Waals surface area contributed by atoms with Gasteiger partial charge in [-0.3, -0.25) is 9.59 Å². The molecule has 160 valence electrons. The molecule has 0 bridgehead atoms. The molecule has 2 heterocycles. The molecule has 4 rings (SSSR count).